The Kier molecular flexibility index (Phi) is 16.0. The average molecular weight is 539 g/mol. The van der Waals surface area contributed by atoms with Crippen LogP contribution in [0.1, 0.15) is 84.0 Å². The van der Waals surface area contributed by atoms with Gasteiger partial charge in [0.1, 0.15) is 48.8 Å². The van der Waals surface area contributed by atoms with Crippen molar-refractivity contribution in [1.29, 1.82) is 0 Å². The first-order valence-corrected chi connectivity index (χ1v) is 14.1. The van der Waals surface area contributed by atoms with E-state index in [-0.39, 0.29) is 0 Å². The summed E-state index contributed by atoms with van der Waals surface area (Å²) >= 11 is 0. The summed E-state index contributed by atoms with van der Waals surface area (Å²) in [4.78, 5) is 0. The van der Waals surface area contributed by atoms with Gasteiger partial charge >= 0.3 is 0 Å². The Hall–Kier alpha value is -0.440. The molecule has 37 heavy (non-hydrogen) atoms. The van der Waals surface area contributed by atoms with Crippen LogP contribution in [0.25, 0.3) is 0 Å². The van der Waals surface area contributed by atoms with Gasteiger partial charge in [-0.2, -0.15) is 0 Å². The molecule has 2 aliphatic rings. The minimum Gasteiger partial charge on any atom is -0.394 e. The van der Waals surface area contributed by atoms with E-state index in [1.54, 1.807) is 0 Å². The fraction of sp³-hybridized carbons (Fsp3) is 1.00. The molecule has 0 aromatic heterocycles. The highest BCUT2D eigenvalue weighted by Gasteiger charge is 2.50. The highest BCUT2D eigenvalue weighted by Crippen LogP contribution is 2.29. The number of aliphatic hydroxyl groups excluding tert-OH is 7. The zero-order valence-electron chi connectivity index (χ0n) is 22.1. The molecule has 11 nitrogen and oxygen atoms in total. The lowest BCUT2D eigenvalue weighted by Gasteiger charge is -2.45. The average Bonchev–Trinajstić information content (AvgIpc) is 2.90. The molecule has 0 saturated carbocycles. The van der Waals surface area contributed by atoms with Gasteiger partial charge in [0.2, 0.25) is 0 Å². The van der Waals surface area contributed by atoms with E-state index in [1.807, 2.05) is 0 Å². The van der Waals surface area contributed by atoms with Crippen molar-refractivity contribution in [3.05, 3.63) is 0 Å². The minimum atomic E-state index is -1.69. The van der Waals surface area contributed by atoms with E-state index in [9.17, 15) is 35.7 Å². The number of hydrogen-bond acceptors (Lipinski definition) is 11. The van der Waals surface area contributed by atoms with Gasteiger partial charge in [0.25, 0.3) is 0 Å². The Morgan fingerprint density at radius 2 is 1.03 bits per heavy atom. The van der Waals surface area contributed by atoms with Gasteiger partial charge in [0.15, 0.2) is 12.6 Å². The maximum absolute atomic E-state index is 10.6. The second kappa shape index (κ2) is 18.0. The van der Waals surface area contributed by atoms with Gasteiger partial charge < -0.3 is 54.7 Å². The Balaban J connectivity index is 1.68. The molecule has 0 aromatic carbocycles. The summed E-state index contributed by atoms with van der Waals surface area (Å²) in [5.74, 6) is 0. The predicted octanol–water partition coefficient (Wildman–Crippen LogP) is 0.328. The van der Waals surface area contributed by atoms with Gasteiger partial charge in [-0.05, 0) is 6.42 Å². The lowest BCUT2D eigenvalue weighted by atomic mass is 9.97. The van der Waals surface area contributed by atoms with E-state index in [0.717, 1.165) is 19.3 Å². The van der Waals surface area contributed by atoms with Crippen LogP contribution in [0.2, 0.25) is 0 Å². The number of rotatable bonds is 18. The number of aliphatic hydroxyl groups is 7. The molecule has 7 N–H and O–H groups in total. The van der Waals surface area contributed by atoms with Crippen LogP contribution < -0.4 is 0 Å². The smallest absolute Gasteiger partial charge is 0.187 e. The summed E-state index contributed by atoms with van der Waals surface area (Å²) in [5.41, 5.74) is 0. The summed E-state index contributed by atoms with van der Waals surface area (Å²) in [6.45, 7) is 1.33. The molecule has 0 bridgehead atoms. The SMILES string of the molecule is CCCCCCCCCCCCCCOC1OC(CO)C(OC2OC(CO)C(O)C(O)C2O)C(O)C1O. The maximum Gasteiger partial charge on any atom is 0.187 e. The summed E-state index contributed by atoms with van der Waals surface area (Å²) in [6, 6.07) is 0. The molecule has 10 unspecified atom stereocenters. The third-order valence-corrected chi connectivity index (χ3v) is 7.24. The van der Waals surface area contributed by atoms with Crippen molar-refractivity contribution in [3.8, 4) is 0 Å². The monoisotopic (exact) mass is 538 g/mol. The molecule has 0 aromatic rings. The van der Waals surface area contributed by atoms with Gasteiger partial charge in [-0.3, -0.25) is 0 Å². The minimum absolute atomic E-state index is 0.322. The Morgan fingerprint density at radius 3 is 1.57 bits per heavy atom. The van der Waals surface area contributed by atoms with Crippen LogP contribution in [0.5, 0.6) is 0 Å². The first-order chi connectivity index (χ1) is 17.8. The van der Waals surface area contributed by atoms with Gasteiger partial charge in [0, 0.05) is 6.61 Å². The van der Waals surface area contributed by atoms with Crippen molar-refractivity contribution in [2.45, 2.75) is 145 Å². The zero-order valence-corrected chi connectivity index (χ0v) is 22.1. The van der Waals surface area contributed by atoms with Crippen LogP contribution in [0.3, 0.4) is 0 Å². The molecule has 0 radical (unpaired) electrons. The number of ether oxygens (including phenoxy) is 4. The first kappa shape index (κ1) is 32.8. The second-order valence-corrected chi connectivity index (χ2v) is 10.3. The Labute approximate surface area is 220 Å². The van der Waals surface area contributed by atoms with Gasteiger partial charge in [-0.1, -0.05) is 77.6 Å². The van der Waals surface area contributed by atoms with E-state index < -0.39 is 74.6 Å². The van der Waals surface area contributed by atoms with Crippen molar-refractivity contribution in [2.24, 2.45) is 0 Å². The topological polar surface area (TPSA) is 179 Å². The summed E-state index contributed by atoms with van der Waals surface area (Å²) in [5, 5.41) is 70.3. The van der Waals surface area contributed by atoms with Crippen LogP contribution in [0.4, 0.5) is 0 Å². The molecular weight excluding hydrogens is 488 g/mol. The third kappa shape index (κ3) is 10.2. The summed E-state index contributed by atoms with van der Waals surface area (Å²) in [7, 11) is 0. The van der Waals surface area contributed by atoms with Crippen molar-refractivity contribution in [1.82, 2.24) is 0 Å². The quantitative estimate of drug-likeness (QED) is 0.120. The van der Waals surface area contributed by atoms with Crippen LogP contribution in [-0.4, -0.2) is 117 Å². The fourth-order valence-corrected chi connectivity index (χ4v) is 4.84. The normalized spacial score (nSPS) is 36.6. The van der Waals surface area contributed by atoms with E-state index in [1.165, 1.54) is 57.8 Å². The van der Waals surface area contributed by atoms with Crippen molar-refractivity contribution in [2.75, 3.05) is 19.8 Å². The molecule has 2 heterocycles. The zero-order chi connectivity index (χ0) is 27.2. The largest absolute Gasteiger partial charge is 0.394 e. The number of hydrogen-bond donors (Lipinski definition) is 7. The van der Waals surface area contributed by atoms with Crippen LogP contribution in [0, 0.1) is 0 Å². The van der Waals surface area contributed by atoms with Crippen LogP contribution in [0.15, 0.2) is 0 Å². The molecular formula is C26H50O11. The van der Waals surface area contributed by atoms with Gasteiger partial charge in [0.05, 0.1) is 13.2 Å². The highest BCUT2D eigenvalue weighted by atomic mass is 16.7. The van der Waals surface area contributed by atoms with E-state index in [2.05, 4.69) is 6.92 Å². The van der Waals surface area contributed by atoms with E-state index in [0.29, 0.717) is 6.61 Å². The maximum atomic E-state index is 10.6. The predicted molar refractivity (Wildman–Crippen MR) is 133 cm³/mol. The molecule has 0 spiro atoms. The lowest BCUT2D eigenvalue weighted by Crippen LogP contribution is -2.64. The van der Waals surface area contributed by atoms with Crippen molar-refractivity contribution >= 4 is 0 Å². The van der Waals surface area contributed by atoms with Gasteiger partial charge in [-0.15, -0.1) is 0 Å². The summed E-state index contributed by atoms with van der Waals surface area (Å²) < 4.78 is 22.1. The highest BCUT2D eigenvalue weighted by molar-refractivity contribution is 4.94. The molecule has 2 saturated heterocycles. The first-order valence-electron chi connectivity index (χ1n) is 14.1. The molecule has 220 valence electrons. The Morgan fingerprint density at radius 1 is 0.541 bits per heavy atom. The molecule has 0 amide bonds. The van der Waals surface area contributed by atoms with Crippen LogP contribution >= 0.6 is 0 Å². The van der Waals surface area contributed by atoms with E-state index in [4.69, 9.17) is 18.9 Å². The summed E-state index contributed by atoms with van der Waals surface area (Å²) in [6.07, 6.45) is 0.153. The standard InChI is InChI=1S/C26H50O11/c1-2-3-4-5-6-7-8-9-10-11-12-13-14-34-25-23(33)21(31)24(18(16-28)36-25)37-26-22(32)20(30)19(29)17(15-27)35-26/h17-33H,2-16H2,1H3. The van der Waals surface area contributed by atoms with Crippen molar-refractivity contribution in [3.63, 3.8) is 0 Å². The molecule has 11 heteroatoms. The van der Waals surface area contributed by atoms with E-state index >= 15 is 0 Å². The molecule has 2 rings (SSSR count). The molecule has 0 aliphatic carbocycles. The lowest BCUT2D eigenvalue weighted by molar-refractivity contribution is -0.359. The molecule has 2 aliphatic heterocycles. The Bertz CT molecular complexity index is 579. The van der Waals surface area contributed by atoms with Gasteiger partial charge in [-0.25, -0.2) is 0 Å². The molecule has 2 fully saturated rings. The number of unbranched alkanes of at least 4 members (excludes halogenated alkanes) is 11. The van der Waals surface area contributed by atoms with Crippen molar-refractivity contribution < 1.29 is 54.7 Å². The fourth-order valence-electron chi connectivity index (χ4n) is 4.84. The molecule has 10 atom stereocenters. The second-order valence-electron chi connectivity index (χ2n) is 10.3. The third-order valence-electron chi connectivity index (χ3n) is 7.24. The van der Waals surface area contributed by atoms with Crippen LogP contribution in [-0.2, 0) is 18.9 Å².